The molecule has 0 aliphatic heterocycles. The van der Waals surface area contributed by atoms with Crippen LogP contribution in [0.3, 0.4) is 0 Å². The van der Waals surface area contributed by atoms with Crippen LogP contribution in [0, 0.1) is 13.8 Å². The van der Waals surface area contributed by atoms with Crippen molar-refractivity contribution in [2.24, 2.45) is 10.9 Å². The van der Waals surface area contributed by atoms with Crippen LogP contribution in [0.25, 0.3) is 0 Å². The monoisotopic (exact) mass is 250 g/mol. The van der Waals surface area contributed by atoms with Crippen molar-refractivity contribution in [1.29, 1.82) is 0 Å². The molecule has 0 atom stereocenters. The third-order valence-electron chi connectivity index (χ3n) is 2.94. The van der Waals surface area contributed by atoms with E-state index in [0.717, 1.165) is 23.6 Å². The average Bonchev–Trinajstić information content (AvgIpc) is 2.28. The predicted octanol–water partition coefficient (Wildman–Crippen LogP) is 2.03. The lowest BCUT2D eigenvalue weighted by molar-refractivity contribution is 0.318. The van der Waals surface area contributed by atoms with E-state index in [1.165, 1.54) is 0 Å². The van der Waals surface area contributed by atoms with Gasteiger partial charge in [-0.05, 0) is 40.7 Å². The molecule has 0 bridgehead atoms. The van der Waals surface area contributed by atoms with Crippen LogP contribution in [-0.2, 0) is 0 Å². The van der Waals surface area contributed by atoms with E-state index < -0.39 is 0 Å². The highest BCUT2D eigenvalue weighted by atomic mass is 16.4. The topological polar surface area (TPSA) is 74.7 Å². The summed E-state index contributed by atoms with van der Waals surface area (Å²) in [7, 11) is 0. The van der Waals surface area contributed by atoms with Crippen molar-refractivity contribution in [2.75, 3.05) is 11.4 Å². The molecule has 1 heterocycles. The van der Waals surface area contributed by atoms with E-state index in [-0.39, 0.29) is 5.84 Å². The molecule has 0 unspecified atom stereocenters. The molecule has 0 aliphatic carbocycles. The Hall–Kier alpha value is -1.78. The van der Waals surface area contributed by atoms with E-state index in [0.29, 0.717) is 11.6 Å². The molecule has 0 saturated carbocycles. The molecule has 0 spiro atoms. The number of nitrogens with two attached hydrogens (primary N) is 1. The summed E-state index contributed by atoms with van der Waals surface area (Å²) >= 11 is 0. The van der Waals surface area contributed by atoms with E-state index >= 15 is 0 Å². The molecule has 100 valence electrons. The van der Waals surface area contributed by atoms with E-state index in [1.54, 1.807) is 0 Å². The van der Waals surface area contributed by atoms with Crippen LogP contribution in [-0.4, -0.2) is 28.6 Å². The summed E-state index contributed by atoms with van der Waals surface area (Å²) in [6.07, 6.45) is 0. The Morgan fingerprint density at radius 2 is 2.11 bits per heavy atom. The van der Waals surface area contributed by atoms with E-state index in [9.17, 15) is 0 Å². The minimum Gasteiger partial charge on any atom is -0.409 e. The Bertz CT molecular complexity index is 455. The molecular weight excluding hydrogens is 228 g/mol. The lowest BCUT2D eigenvalue weighted by Crippen LogP contribution is -2.33. The van der Waals surface area contributed by atoms with Crippen molar-refractivity contribution in [3.05, 3.63) is 23.0 Å². The van der Waals surface area contributed by atoms with Gasteiger partial charge < -0.3 is 15.8 Å². The number of rotatable bonds is 4. The van der Waals surface area contributed by atoms with Crippen molar-refractivity contribution in [3.63, 3.8) is 0 Å². The highest BCUT2D eigenvalue weighted by molar-refractivity contribution is 6.03. The van der Waals surface area contributed by atoms with Crippen LogP contribution in [0.15, 0.2) is 11.2 Å². The van der Waals surface area contributed by atoms with Crippen molar-refractivity contribution >= 4 is 11.5 Å². The molecule has 0 radical (unpaired) electrons. The Kier molecular flexibility index (Phi) is 4.53. The van der Waals surface area contributed by atoms with Crippen LogP contribution in [0.1, 0.15) is 37.7 Å². The van der Waals surface area contributed by atoms with Gasteiger partial charge in [-0.3, -0.25) is 4.98 Å². The highest BCUT2D eigenvalue weighted by Crippen LogP contribution is 2.25. The first kappa shape index (κ1) is 14.3. The minimum absolute atomic E-state index is 0.106. The van der Waals surface area contributed by atoms with Gasteiger partial charge in [0.1, 0.15) is 0 Å². The Balaban J connectivity index is 3.49. The van der Waals surface area contributed by atoms with Gasteiger partial charge in [-0.15, -0.1) is 0 Å². The maximum atomic E-state index is 8.92. The molecule has 1 aromatic rings. The van der Waals surface area contributed by atoms with E-state index in [1.807, 2.05) is 19.9 Å². The fourth-order valence-corrected chi connectivity index (χ4v) is 2.21. The second-order valence-electron chi connectivity index (χ2n) is 4.61. The summed E-state index contributed by atoms with van der Waals surface area (Å²) in [6.45, 7) is 11.0. The third-order valence-corrected chi connectivity index (χ3v) is 2.94. The maximum Gasteiger partial charge on any atom is 0.174 e. The fraction of sp³-hybridized carbons (Fsp3) is 0.538. The average molecular weight is 250 g/mol. The summed E-state index contributed by atoms with van der Waals surface area (Å²) in [5.41, 5.74) is 9.15. The second kappa shape index (κ2) is 5.71. The maximum absolute atomic E-state index is 8.92. The zero-order valence-electron chi connectivity index (χ0n) is 11.7. The Labute approximate surface area is 108 Å². The van der Waals surface area contributed by atoms with Gasteiger partial charge in [0.25, 0.3) is 0 Å². The van der Waals surface area contributed by atoms with Gasteiger partial charge in [0.05, 0.1) is 16.9 Å². The third kappa shape index (κ3) is 2.72. The number of aromatic nitrogens is 1. The van der Waals surface area contributed by atoms with Gasteiger partial charge in [0.2, 0.25) is 0 Å². The number of oxime groups is 1. The zero-order valence-corrected chi connectivity index (χ0v) is 11.7. The van der Waals surface area contributed by atoms with Crippen LogP contribution in [0.5, 0.6) is 0 Å². The fourth-order valence-electron chi connectivity index (χ4n) is 2.21. The molecular formula is C13H22N4O. The molecule has 0 aromatic carbocycles. The van der Waals surface area contributed by atoms with Crippen LogP contribution in [0.4, 0.5) is 5.69 Å². The smallest absolute Gasteiger partial charge is 0.174 e. The van der Waals surface area contributed by atoms with Crippen molar-refractivity contribution in [1.82, 2.24) is 4.98 Å². The molecule has 0 aliphatic rings. The number of hydrogen-bond donors (Lipinski definition) is 2. The van der Waals surface area contributed by atoms with Gasteiger partial charge in [0.15, 0.2) is 5.84 Å². The Morgan fingerprint density at radius 1 is 1.50 bits per heavy atom. The van der Waals surface area contributed by atoms with Crippen molar-refractivity contribution in [3.8, 4) is 0 Å². The van der Waals surface area contributed by atoms with Gasteiger partial charge in [-0.2, -0.15) is 0 Å². The number of nitrogens with zero attached hydrogens (tertiary/aromatic N) is 3. The second-order valence-corrected chi connectivity index (χ2v) is 4.61. The minimum atomic E-state index is 0.106. The van der Waals surface area contributed by atoms with Crippen LogP contribution < -0.4 is 10.6 Å². The molecule has 5 nitrogen and oxygen atoms in total. The summed E-state index contributed by atoms with van der Waals surface area (Å²) in [5.74, 6) is 0.106. The van der Waals surface area contributed by atoms with Crippen molar-refractivity contribution in [2.45, 2.75) is 40.7 Å². The molecule has 0 amide bonds. The first-order valence-corrected chi connectivity index (χ1v) is 6.15. The molecule has 0 saturated heterocycles. The van der Waals surface area contributed by atoms with Crippen LogP contribution in [0.2, 0.25) is 0 Å². The molecule has 18 heavy (non-hydrogen) atoms. The number of pyridine rings is 1. The number of amidine groups is 1. The lowest BCUT2D eigenvalue weighted by Gasteiger charge is -2.30. The van der Waals surface area contributed by atoms with Crippen LogP contribution >= 0.6 is 0 Å². The van der Waals surface area contributed by atoms with Gasteiger partial charge in [0, 0.05) is 18.3 Å². The van der Waals surface area contributed by atoms with E-state index in [2.05, 4.69) is 35.8 Å². The zero-order chi connectivity index (χ0) is 13.9. The van der Waals surface area contributed by atoms with Crippen molar-refractivity contribution < 1.29 is 5.21 Å². The largest absolute Gasteiger partial charge is 0.409 e. The molecule has 5 heteroatoms. The quantitative estimate of drug-likeness (QED) is 0.371. The Morgan fingerprint density at radius 3 is 2.56 bits per heavy atom. The van der Waals surface area contributed by atoms with Gasteiger partial charge in [-0.1, -0.05) is 5.16 Å². The first-order valence-electron chi connectivity index (χ1n) is 6.15. The first-order chi connectivity index (χ1) is 8.42. The molecule has 3 N–H and O–H groups in total. The SMILES string of the molecule is CCN(c1cc(C)nc(C)c1/C(N)=N/O)C(C)C. The summed E-state index contributed by atoms with van der Waals surface area (Å²) in [4.78, 5) is 6.58. The summed E-state index contributed by atoms with van der Waals surface area (Å²) in [6, 6.07) is 2.31. The summed E-state index contributed by atoms with van der Waals surface area (Å²) < 4.78 is 0. The number of hydrogen-bond acceptors (Lipinski definition) is 4. The summed E-state index contributed by atoms with van der Waals surface area (Å²) in [5, 5.41) is 12.0. The van der Waals surface area contributed by atoms with Gasteiger partial charge >= 0.3 is 0 Å². The highest BCUT2D eigenvalue weighted by Gasteiger charge is 2.18. The lowest BCUT2D eigenvalue weighted by atomic mass is 10.1. The number of anilines is 1. The van der Waals surface area contributed by atoms with Gasteiger partial charge in [-0.25, -0.2) is 0 Å². The standard InChI is InChI=1S/C13H22N4O/c1-6-17(8(2)3)11-7-9(4)15-10(5)12(11)13(14)16-18/h7-8,18H,6H2,1-5H3,(H2,14,16). The predicted molar refractivity (Wildman–Crippen MR) is 74.4 cm³/mol. The van der Waals surface area contributed by atoms with E-state index in [4.69, 9.17) is 10.9 Å². The molecule has 0 fully saturated rings. The molecule has 1 aromatic heterocycles. The number of aryl methyl sites for hydroxylation is 2. The molecule has 1 rings (SSSR count). The normalized spacial score (nSPS) is 12.0.